The van der Waals surface area contributed by atoms with Gasteiger partial charge in [0.1, 0.15) is 0 Å². The minimum Gasteiger partial charge on any atom is -0.309 e. The molecule has 7 aromatic carbocycles. The molecule has 62 heavy (non-hydrogen) atoms. The Morgan fingerprint density at radius 3 is 1.21 bits per heavy atom. The number of nitrogens with zero attached hydrogens (tertiary/aromatic N) is 7. The van der Waals surface area contributed by atoms with Gasteiger partial charge in [-0.15, -0.1) is 0 Å². The van der Waals surface area contributed by atoms with E-state index < -0.39 is 29.0 Å². The smallest absolute Gasteiger partial charge is 0.309 e. The zero-order valence-electron chi connectivity index (χ0n) is 31.5. The molecule has 2 heterocycles. The second-order valence-corrected chi connectivity index (χ2v) is 14.4. The van der Waals surface area contributed by atoms with Crippen molar-refractivity contribution in [3.63, 3.8) is 0 Å². The molecule has 0 radical (unpaired) electrons. The molecular weight excluding hydrogens is 801 g/mol. The summed E-state index contributed by atoms with van der Waals surface area (Å²) in [6.45, 7) is 0. The number of hydrogen-bond donors (Lipinski definition) is 0. The van der Waals surface area contributed by atoms with E-state index in [1.165, 1.54) is 24.3 Å². The summed E-state index contributed by atoms with van der Waals surface area (Å²) in [5.74, 6) is 0. The monoisotopic (exact) mass is 821 g/mol. The number of halogens is 6. The number of fused-ring (bicyclic) bond motifs is 6. The van der Waals surface area contributed by atoms with Gasteiger partial charge < -0.3 is 9.13 Å². The Labute approximate surface area is 347 Å². The number of alkyl halides is 6. The lowest BCUT2D eigenvalue weighted by Gasteiger charge is -2.22. The first-order valence-electron chi connectivity index (χ1n) is 18.5. The van der Waals surface area contributed by atoms with Crippen molar-refractivity contribution in [1.82, 2.24) is 9.13 Å². The molecule has 7 nitrogen and oxygen atoms in total. The van der Waals surface area contributed by atoms with Crippen LogP contribution >= 0.6 is 0 Å². The third kappa shape index (κ3) is 6.20. The minimum absolute atomic E-state index is 0.0820. The molecule has 0 fully saturated rings. The number of nitriles is 5. The maximum Gasteiger partial charge on any atom is 0.417 e. The second kappa shape index (κ2) is 14.2. The first kappa shape index (κ1) is 38.7. The molecule has 9 aromatic rings. The summed E-state index contributed by atoms with van der Waals surface area (Å²) in [6.07, 6.45) is -10.3. The van der Waals surface area contributed by atoms with Gasteiger partial charge in [0, 0.05) is 32.8 Å². The molecule has 0 amide bonds. The van der Waals surface area contributed by atoms with E-state index in [2.05, 4.69) is 30.3 Å². The summed E-state index contributed by atoms with van der Waals surface area (Å²) in [5.41, 5.74) is 1.09. The Hall–Kier alpha value is -8.83. The van der Waals surface area contributed by atoms with Gasteiger partial charge in [-0.25, -0.2) is 0 Å². The van der Waals surface area contributed by atoms with Gasteiger partial charge in [-0.1, -0.05) is 12.1 Å². The molecule has 0 saturated carbocycles. The van der Waals surface area contributed by atoms with Crippen LogP contribution < -0.4 is 0 Å². The van der Waals surface area contributed by atoms with Gasteiger partial charge in [0.2, 0.25) is 0 Å². The van der Waals surface area contributed by atoms with Crippen LogP contribution in [0, 0.1) is 56.7 Å². The van der Waals surface area contributed by atoms with Crippen molar-refractivity contribution in [3.05, 3.63) is 166 Å². The fourth-order valence-corrected chi connectivity index (χ4v) is 8.20. The van der Waals surface area contributed by atoms with Gasteiger partial charge in [-0.2, -0.15) is 52.7 Å². The maximum atomic E-state index is 15.0. The van der Waals surface area contributed by atoms with Gasteiger partial charge in [0.25, 0.3) is 0 Å². The molecule has 0 N–H and O–H groups in total. The molecule has 0 spiro atoms. The standard InChI is InChI=1S/C49H21F6N7/c50-48(51,52)32-6-8-35(42(20-32)49(53,54)55)34-9-7-33(61-43-10-1-28(23-57)16-38(43)39-17-29(24-58)2-11-44(39)61)21-36(34)37-15-27(22-56)3-12-45(37)62-46-13-4-30(25-59)18-40(46)41-19-31(26-60)5-14-47(41)62/h1-21H. The van der Waals surface area contributed by atoms with Crippen LogP contribution in [0.1, 0.15) is 38.9 Å². The largest absolute Gasteiger partial charge is 0.417 e. The molecule has 0 aliphatic carbocycles. The summed E-state index contributed by atoms with van der Waals surface area (Å²) < 4.78 is 90.5. The van der Waals surface area contributed by atoms with Crippen molar-refractivity contribution >= 4 is 43.6 Å². The van der Waals surface area contributed by atoms with Crippen molar-refractivity contribution < 1.29 is 26.3 Å². The summed E-state index contributed by atoms with van der Waals surface area (Å²) >= 11 is 0. The van der Waals surface area contributed by atoms with Gasteiger partial charge in [-0.3, -0.25) is 0 Å². The van der Waals surface area contributed by atoms with Crippen LogP contribution in [0.15, 0.2) is 127 Å². The number of rotatable bonds is 4. The van der Waals surface area contributed by atoms with Crippen molar-refractivity contribution in [2.24, 2.45) is 0 Å². The normalized spacial score (nSPS) is 11.6. The quantitative estimate of drug-likeness (QED) is 0.163. The zero-order valence-corrected chi connectivity index (χ0v) is 31.5. The predicted octanol–water partition coefficient (Wildman–Crippen LogP) is 12.6. The molecule has 0 saturated heterocycles. The van der Waals surface area contributed by atoms with E-state index in [0.29, 0.717) is 83.3 Å². The summed E-state index contributed by atoms with van der Waals surface area (Å²) in [4.78, 5) is 0. The van der Waals surface area contributed by atoms with Crippen LogP contribution in [0.25, 0.3) is 77.2 Å². The van der Waals surface area contributed by atoms with Crippen LogP contribution in [0.2, 0.25) is 0 Å². The SMILES string of the molecule is N#Cc1ccc(-n2c3ccc(C#N)cc3c3cc(C#N)ccc32)c(-c2cc(-n3c4ccc(C#N)cc4c4cc(C#N)ccc43)ccc2-c2ccc(C(F)(F)F)cc2C(F)(F)F)c1. The van der Waals surface area contributed by atoms with Crippen LogP contribution in [0.4, 0.5) is 26.3 Å². The number of aromatic nitrogens is 2. The van der Waals surface area contributed by atoms with E-state index >= 15 is 0 Å². The van der Waals surface area contributed by atoms with Crippen LogP contribution in [-0.2, 0) is 12.4 Å². The molecule has 13 heteroatoms. The van der Waals surface area contributed by atoms with Crippen molar-refractivity contribution in [1.29, 1.82) is 26.3 Å². The second-order valence-electron chi connectivity index (χ2n) is 14.4. The van der Waals surface area contributed by atoms with Crippen molar-refractivity contribution in [3.8, 4) is 64.0 Å². The summed E-state index contributed by atoms with van der Waals surface area (Å²) in [6, 6.07) is 41.0. The summed E-state index contributed by atoms with van der Waals surface area (Å²) in [7, 11) is 0. The lowest BCUT2D eigenvalue weighted by atomic mass is 9.88. The van der Waals surface area contributed by atoms with E-state index in [1.807, 2.05) is 0 Å². The molecule has 294 valence electrons. The molecule has 0 unspecified atom stereocenters. The van der Waals surface area contributed by atoms with E-state index in [9.17, 15) is 52.7 Å². The maximum absolute atomic E-state index is 15.0. The third-order valence-electron chi connectivity index (χ3n) is 10.9. The molecular formula is C49H21F6N7. The van der Waals surface area contributed by atoms with Gasteiger partial charge in [-0.05, 0) is 132 Å². The minimum atomic E-state index is -5.24. The highest BCUT2D eigenvalue weighted by molar-refractivity contribution is 6.12. The topological polar surface area (TPSA) is 129 Å². The Kier molecular flexibility index (Phi) is 8.84. The highest BCUT2D eigenvalue weighted by Crippen LogP contribution is 2.47. The van der Waals surface area contributed by atoms with Crippen molar-refractivity contribution in [2.45, 2.75) is 12.4 Å². The highest BCUT2D eigenvalue weighted by Gasteiger charge is 2.39. The molecule has 0 aliphatic rings. The average Bonchev–Trinajstić information content (AvgIpc) is 3.78. The molecule has 0 bridgehead atoms. The fraction of sp³-hybridized carbons (Fsp3) is 0.0408. The molecule has 0 aliphatic heterocycles. The molecule has 9 rings (SSSR count). The Bertz CT molecular complexity index is 3490. The van der Waals surface area contributed by atoms with Gasteiger partial charge in [0.05, 0.1) is 97.0 Å². The number of benzene rings is 7. The van der Waals surface area contributed by atoms with Gasteiger partial charge in [0.15, 0.2) is 0 Å². The first-order chi connectivity index (χ1) is 29.8. The van der Waals surface area contributed by atoms with E-state index in [4.69, 9.17) is 0 Å². The lowest BCUT2D eigenvalue weighted by Crippen LogP contribution is -2.12. The lowest BCUT2D eigenvalue weighted by molar-refractivity contribution is -0.142. The van der Waals surface area contributed by atoms with E-state index in [0.717, 1.165) is 6.07 Å². The fourth-order valence-electron chi connectivity index (χ4n) is 8.20. The van der Waals surface area contributed by atoms with E-state index in [-0.39, 0.29) is 28.3 Å². The van der Waals surface area contributed by atoms with Gasteiger partial charge >= 0.3 is 12.4 Å². The highest BCUT2D eigenvalue weighted by atomic mass is 19.4. The summed E-state index contributed by atoms with van der Waals surface area (Å²) in [5, 5.41) is 51.7. The third-order valence-corrected chi connectivity index (χ3v) is 10.9. The number of hydrogen-bond acceptors (Lipinski definition) is 5. The zero-order chi connectivity index (χ0) is 43.7. The predicted molar refractivity (Wildman–Crippen MR) is 220 cm³/mol. The Morgan fingerprint density at radius 1 is 0.355 bits per heavy atom. The van der Waals surface area contributed by atoms with Crippen LogP contribution in [-0.4, -0.2) is 9.13 Å². The van der Waals surface area contributed by atoms with E-state index in [1.54, 1.807) is 94.1 Å². The first-order valence-corrected chi connectivity index (χ1v) is 18.5. The van der Waals surface area contributed by atoms with Crippen molar-refractivity contribution in [2.75, 3.05) is 0 Å². The molecule has 2 aromatic heterocycles. The van der Waals surface area contributed by atoms with Crippen LogP contribution in [0.5, 0.6) is 0 Å². The van der Waals surface area contributed by atoms with Crippen LogP contribution in [0.3, 0.4) is 0 Å². The average molecular weight is 822 g/mol. The Balaban J connectivity index is 1.43. The molecule has 0 atom stereocenters. The Morgan fingerprint density at radius 2 is 0.774 bits per heavy atom.